The molecule has 0 unspecified atom stereocenters. The van der Waals surface area contributed by atoms with Gasteiger partial charge in [0.05, 0.1) is 22.8 Å². The van der Waals surface area contributed by atoms with Crippen LogP contribution in [0.25, 0.3) is 0 Å². The molecule has 2 aromatic rings. The Morgan fingerprint density at radius 3 is 2.28 bits per heavy atom. The largest absolute Gasteiger partial charge is 0.393 e. The maximum atomic E-state index is 13.4. The van der Waals surface area contributed by atoms with E-state index in [1.54, 1.807) is 43.3 Å². The highest BCUT2D eigenvalue weighted by Crippen LogP contribution is 2.54. The van der Waals surface area contributed by atoms with Crippen LogP contribution in [0.3, 0.4) is 0 Å². The molecule has 1 saturated heterocycles. The summed E-state index contributed by atoms with van der Waals surface area (Å²) in [6.07, 6.45) is 4.68. The van der Waals surface area contributed by atoms with Crippen molar-refractivity contribution in [2.75, 3.05) is 35.7 Å². The van der Waals surface area contributed by atoms with E-state index in [4.69, 9.17) is 0 Å². The maximum absolute atomic E-state index is 13.4. The number of hydrogen-bond acceptors (Lipinski definition) is 6. The molecular weight excluding hydrogens is 476 g/mol. The van der Waals surface area contributed by atoms with E-state index in [0.29, 0.717) is 27.9 Å². The van der Waals surface area contributed by atoms with E-state index in [9.17, 15) is 23.4 Å². The third kappa shape index (κ3) is 5.93. The van der Waals surface area contributed by atoms with Crippen molar-refractivity contribution in [1.82, 2.24) is 0 Å². The molecule has 7 nitrogen and oxygen atoms in total. The van der Waals surface area contributed by atoms with Gasteiger partial charge in [0.25, 0.3) is 5.91 Å². The van der Waals surface area contributed by atoms with Crippen molar-refractivity contribution in [3.05, 3.63) is 53.6 Å². The van der Waals surface area contributed by atoms with Crippen molar-refractivity contribution in [3.8, 4) is 0 Å². The van der Waals surface area contributed by atoms with Gasteiger partial charge >= 0.3 is 0 Å². The van der Waals surface area contributed by atoms with E-state index in [0.717, 1.165) is 25.9 Å². The van der Waals surface area contributed by atoms with Crippen LogP contribution in [0.15, 0.2) is 47.4 Å². The first-order valence-corrected chi connectivity index (χ1v) is 14.3. The second-order valence-corrected chi connectivity index (χ2v) is 13.9. The van der Waals surface area contributed by atoms with E-state index in [1.165, 1.54) is 18.9 Å². The summed E-state index contributed by atoms with van der Waals surface area (Å²) in [6.45, 7) is 8.39. The summed E-state index contributed by atoms with van der Waals surface area (Å²) in [5.74, 6) is -0.346. The summed E-state index contributed by atoms with van der Waals surface area (Å²) >= 11 is 0. The number of hydrogen-bond donors (Lipinski definition) is 3. The quantitative estimate of drug-likeness (QED) is 0.508. The molecule has 1 heterocycles. The lowest BCUT2D eigenvalue weighted by Gasteiger charge is -2.35. The lowest BCUT2D eigenvalue weighted by atomic mass is 9.91. The topological polar surface area (TPSA) is 107 Å². The van der Waals surface area contributed by atoms with Crippen LogP contribution in [0.1, 0.15) is 69.3 Å². The number of aliphatic hydroxyl groups excluding tert-OH is 1. The third-order valence-corrected chi connectivity index (χ3v) is 9.59. The van der Waals surface area contributed by atoms with Gasteiger partial charge in [-0.15, -0.1) is 0 Å². The SMILES string of the molecule is CC(C)(C)CS(=O)(=O)c1cccc(NC(=O)c2ccc([C@@](C)(O)CO)cc2N2CCC3(CC2)CC3)c1. The Bertz CT molecular complexity index is 1230. The number of benzene rings is 2. The molecule has 8 heteroatoms. The second-order valence-electron chi connectivity index (χ2n) is 12.0. The van der Waals surface area contributed by atoms with Gasteiger partial charge in [-0.2, -0.15) is 0 Å². The van der Waals surface area contributed by atoms with Gasteiger partial charge in [0.1, 0.15) is 5.60 Å². The van der Waals surface area contributed by atoms with Crippen LogP contribution in [0, 0.1) is 10.8 Å². The van der Waals surface area contributed by atoms with Gasteiger partial charge in [0.15, 0.2) is 9.84 Å². The highest BCUT2D eigenvalue weighted by Gasteiger charge is 2.44. The number of nitrogens with zero attached hydrogens (tertiary/aromatic N) is 1. The predicted octanol–water partition coefficient (Wildman–Crippen LogP) is 4.34. The van der Waals surface area contributed by atoms with E-state index in [-0.39, 0.29) is 16.6 Å². The zero-order valence-corrected chi connectivity index (χ0v) is 22.5. The minimum absolute atomic E-state index is 0.00421. The Hall–Kier alpha value is -2.42. The smallest absolute Gasteiger partial charge is 0.257 e. The monoisotopic (exact) mass is 514 g/mol. The molecule has 0 aromatic heterocycles. The first-order chi connectivity index (χ1) is 16.7. The van der Waals surface area contributed by atoms with Crippen LogP contribution in [0.4, 0.5) is 11.4 Å². The molecule has 4 rings (SSSR count). The molecule has 0 radical (unpaired) electrons. The zero-order chi connectivity index (χ0) is 26.4. The predicted molar refractivity (Wildman–Crippen MR) is 142 cm³/mol. The van der Waals surface area contributed by atoms with Crippen LogP contribution >= 0.6 is 0 Å². The number of sulfone groups is 1. The lowest BCUT2D eigenvalue weighted by molar-refractivity contribution is -0.00227. The number of nitrogens with one attached hydrogen (secondary N) is 1. The number of piperidine rings is 1. The number of carbonyl (C=O) groups is 1. The molecule has 196 valence electrons. The Labute approximate surface area is 214 Å². The highest BCUT2D eigenvalue weighted by atomic mass is 32.2. The molecule has 0 bridgehead atoms. The Morgan fingerprint density at radius 1 is 1.03 bits per heavy atom. The van der Waals surface area contributed by atoms with E-state index in [2.05, 4.69) is 10.2 Å². The fourth-order valence-electron chi connectivity index (χ4n) is 4.93. The van der Waals surface area contributed by atoms with Crippen LogP contribution in [0.2, 0.25) is 0 Å². The number of carbonyl (C=O) groups excluding carboxylic acids is 1. The summed E-state index contributed by atoms with van der Waals surface area (Å²) in [5.41, 5.74) is 0.756. The molecule has 36 heavy (non-hydrogen) atoms. The van der Waals surface area contributed by atoms with E-state index in [1.807, 2.05) is 20.8 Å². The minimum atomic E-state index is -3.51. The molecule has 1 saturated carbocycles. The van der Waals surface area contributed by atoms with E-state index >= 15 is 0 Å². The van der Waals surface area contributed by atoms with Crippen LogP contribution < -0.4 is 10.2 Å². The van der Waals surface area contributed by atoms with Crippen molar-refractivity contribution in [2.24, 2.45) is 10.8 Å². The molecule has 2 aromatic carbocycles. The Balaban J connectivity index is 1.62. The normalized spacial score (nSPS) is 19.1. The van der Waals surface area contributed by atoms with Gasteiger partial charge in [-0.3, -0.25) is 4.79 Å². The summed E-state index contributed by atoms with van der Waals surface area (Å²) in [5, 5.41) is 23.2. The summed E-state index contributed by atoms with van der Waals surface area (Å²) in [6, 6.07) is 11.5. The molecular formula is C28H38N2O5S. The molecule has 2 aliphatic rings. The van der Waals surface area contributed by atoms with Crippen molar-refractivity contribution in [1.29, 1.82) is 0 Å². The molecule has 1 spiro atoms. The van der Waals surface area contributed by atoms with Gasteiger partial charge < -0.3 is 20.4 Å². The van der Waals surface area contributed by atoms with Crippen molar-refractivity contribution >= 4 is 27.1 Å². The summed E-state index contributed by atoms with van der Waals surface area (Å²) < 4.78 is 25.7. The van der Waals surface area contributed by atoms with Crippen molar-refractivity contribution < 1.29 is 23.4 Å². The van der Waals surface area contributed by atoms with Gasteiger partial charge in [0.2, 0.25) is 0 Å². The van der Waals surface area contributed by atoms with Gasteiger partial charge in [-0.1, -0.05) is 32.9 Å². The third-order valence-electron chi connectivity index (χ3n) is 7.37. The number of aliphatic hydroxyl groups is 2. The first-order valence-electron chi connectivity index (χ1n) is 12.6. The maximum Gasteiger partial charge on any atom is 0.257 e. The average molecular weight is 515 g/mol. The standard InChI is InChI=1S/C28H38N2O5S/c1-26(2,3)19-36(34,35)22-7-5-6-21(17-22)29-25(32)23-9-8-20(27(4,33)18-31)16-24(23)30-14-12-28(10-11-28)13-15-30/h5-9,16-17,31,33H,10-15,18-19H2,1-4H3,(H,29,32)/t27-/m0/s1. The lowest BCUT2D eigenvalue weighted by Crippen LogP contribution is -2.36. The first kappa shape index (κ1) is 26.6. The van der Waals surface area contributed by atoms with Crippen LogP contribution in [-0.2, 0) is 15.4 Å². The summed E-state index contributed by atoms with van der Waals surface area (Å²) in [7, 11) is -3.51. The van der Waals surface area contributed by atoms with Crippen LogP contribution in [0.5, 0.6) is 0 Å². The molecule has 1 amide bonds. The fraction of sp³-hybridized carbons (Fsp3) is 0.536. The second kappa shape index (κ2) is 9.47. The number of amides is 1. The Morgan fingerprint density at radius 2 is 1.69 bits per heavy atom. The van der Waals surface area contributed by atoms with Crippen molar-refractivity contribution in [3.63, 3.8) is 0 Å². The zero-order valence-electron chi connectivity index (χ0n) is 21.7. The molecule has 1 atom stereocenters. The number of anilines is 2. The number of rotatable bonds is 7. The van der Waals surface area contributed by atoms with Crippen LogP contribution in [-0.4, -0.2) is 50.0 Å². The minimum Gasteiger partial charge on any atom is -0.393 e. The molecule has 1 aliphatic carbocycles. The van der Waals surface area contributed by atoms with Gasteiger partial charge in [-0.25, -0.2) is 8.42 Å². The van der Waals surface area contributed by atoms with Gasteiger partial charge in [0, 0.05) is 24.5 Å². The average Bonchev–Trinajstić information content (AvgIpc) is 3.56. The van der Waals surface area contributed by atoms with E-state index < -0.39 is 27.5 Å². The molecule has 1 aliphatic heterocycles. The molecule has 2 fully saturated rings. The Kier molecular flexibility index (Phi) is 7.01. The highest BCUT2D eigenvalue weighted by molar-refractivity contribution is 7.91. The van der Waals surface area contributed by atoms with Crippen molar-refractivity contribution in [2.45, 2.75) is 63.9 Å². The summed E-state index contributed by atoms with van der Waals surface area (Å²) in [4.78, 5) is 15.8. The molecule has 3 N–H and O–H groups in total. The fourth-order valence-corrected chi connectivity index (χ4v) is 6.83. The van der Waals surface area contributed by atoms with Gasteiger partial charge in [-0.05, 0) is 79.3 Å².